The van der Waals surface area contributed by atoms with E-state index in [1.165, 1.54) is 18.7 Å². The Bertz CT molecular complexity index is 408. The van der Waals surface area contributed by atoms with Gasteiger partial charge in [-0.1, -0.05) is 0 Å². The fourth-order valence-corrected chi connectivity index (χ4v) is 1.55. The fourth-order valence-electron chi connectivity index (χ4n) is 1.55. The minimum Gasteiger partial charge on any atom is -0.478 e. The van der Waals surface area contributed by atoms with Crippen LogP contribution in [0.3, 0.4) is 0 Å². The molecule has 0 bridgehead atoms. The number of carbonyl (C=O) groups is 3. The predicted molar refractivity (Wildman–Crippen MR) is 66.6 cm³/mol. The van der Waals surface area contributed by atoms with Gasteiger partial charge < -0.3 is 14.7 Å². The lowest BCUT2D eigenvalue weighted by atomic mass is 10.1. The van der Waals surface area contributed by atoms with Crippen LogP contribution < -0.4 is 5.32 Å². The molecule has 1 heterocycles. The molecule has 0 saturated carbocycles. The number of amides is 3. The van der Waals surface area contributed by atoms with E-state index in [1.54, 1.807) is 0 Å². The molecule has 0 radical (unpaired) electrons. The molecule has 0 aromatic carbocycles. The van der Waals surface area contributed by atoms with Gasteiger partial charge in [-0.15, -0.1) is 0 Å². The third kappa shape index (κ3) is 4.36. The summed E-state index contributed by atoms with van der Waals surface area (Å²) < 4.78 is 5.20. The van der Waals surface area contributed by atoms with Gasteiger partial charge in [-0.05, 0) is 20.3 Å². The van der Waals surface area contributed by atoms with Gasteiger partial charge in [0.2, 0.25) is 0 Å². The minimum absolute atomic E-state index is 0.0203. The summed E-state index contributed by atoms with van der Waals surface area (Å²) in [5.41, 5.74) is -0.0589. The minimum atomic E-state index is -1.18. The van der Waals surface area contributed by atoms with Crippen molar-refractivity contribution in [2.75, 3.05) is 26.3 Å². The number of hydrogen-bond donors (Lipinski definition) is 2. The van der Waals surface area contributed by atoms with Crippen LogP contribution in [0.2, 0.25) is 0 Å². The average Bonchev–Trinajstić information content (AvgIpc) is 2.65. The van der Waals surface area contributed by atoms with Crippen LogP contribution in [0.15, 0.2) is 11.1 Å². The van der Waals surface area contributed by atoms with Crippen molar-refractivity contribution in [1.82, 2.24) is 10.2 Å². The van der Waals surface area contributed by atoms with E-state index in [-0.39, 0.29) is 11.1 Å². The van der Waals surface area contributed by atoms with Crippen molar-refractivity contribution in [3.05, 3.63) is 11.1 Å². The number of nitrogens with zero attached hydrogens (tertiary/aromatic N) is 1. The summed E-state index contributed by atoms with van der Waals surface area (Å²) in [5.74, 6) is -1.86. The van der Waals surface area contributed by atoms with Gasteiger partial charge in [0.15, 0.2) is 0 Å². The van der Waals surface area contributed by atoms with Crippen molar-refractivity contribution < 1.29 is 24.2 Å². The number of ether oxygens (including phenoxy) is 1. The maximum absolute atomic E-state index is 11.8. The second kappa shape index (κ2) is 6.89. The van der Waals surface area contributed by atoms with E-state index in [0.717, 1.165) is 0 Å². The smallest absolute Gasteiger partial charge is 0.331 e. The Morgan fingerprint density at radius 2 is 1.79 bits per heavy atom. The van der Waals surface area contributed by atoms with E-state index in [0.29, 0.717) is 32.7 Å². The molecule has 0 aliphatic carbocycles. The third-order valence-corrected chi connectivity index (χ3v) is 2.95. The molecule has 2 N–H and O–H groups in total. The number of nitrogens with one attached hydrogen (secondary N) is 1. The van der Waals surface area contributed by atoms with Gasteiger partial charge in [0, 0.05) is 30.8 Å². The molecule has 1 aliphatic rings. The average molecular weight is 270 g/mol. The number of urea groups is 1. The summed E-state index contributed by atoms with van der Waals surface area (Å²) in [5, 5.41) is 11.0. The Morgan fingerprint density at radius 3 is 2.42 bits per heavy atom. The van der Waals surface area contributed by atoms with E-state index in [4.69, 9.17) is 9.84 Å². The van der Waals surface area contributed by atoms with E-state index < -0.39 is 17.9 Å². The lowest BCUT2D eigenvalue weighted by Crippen LogP contribution is -2.44. The van der Waals surface area contributed by atoms with Crippen molar-refractivity contribution in [2.45, 2.75) is 20.3 Å². The van der Waals surface area contributed by atoms with Crippen molar-refractivity contribution in [3.63, 3.8) is 0 Å². The molecule has 1 fully saturated rings. The van der Waals surface area contributed by atoms with E-state index in [9.17, 15) is 14.4 Å². The first kappa shape index (κ1) is 15.2. The molecule has 1 rings (SSSR count). The highest BCUT2D eigenvalue weighted by atomic mass is 16.5. The topological polar surface area (TPSA) is 95.9 Å². The van der Waals surface area contributed by atoms with E-state index in [2.05, 4.69) is 5.32 Å². The number of carbonyl (C=O) groups excluding carboxylic acids is 2. The molecule has 0 spiro atoms. The molecular weight excluding hydrogens is 252 g/mol. The zero-order valence-corrected chi connectivity index (χ0v) is 11.1. The Morgan fingerprint density at radius 1 is 1.11 bits per heavy atom. The first-order chi connectivity index (χ1) is 8.93. The van der Waals surface area contributed by atoms with E-state index >= 15 is 0 Å². The fraction of sp³-hybridized carbons (Fsp3) is 0.583. The second-order valence-corrected chi connectivity index (χ2v) is 4.27. The summed E-state index contributed by atoms with van der Waals surface area (Å²) in [7, 11) is 0. The zero-order valence-electron chi connectivity index (χ0n) is 11.1. The second-order valence-electron chi connectivity index (χ2n) is 4.27. The highest BCUT2D eigenvalue weighted by Gasteiger charge is 2.20. The number of imide groups is 1. The number of carboxylic acid groups (broad SMARTS) is 1. The van der Waals surface area contributed by atoms with Crippen LogP contribution in [0, 0.1) is 0 Å². The molecule has 0 aromatic heterocycles. The van der Waals surface area contributed by atoms with Crippen LogP contribution in [0.4, 0.5) is 4.79 Å². The SMILES string of the molecule is CC(C(=O)O)=C(C)C(=O)NC(=O)N1CCCOCC1. The van der Waals surface area contributed by atoms with Gasteiger partial charge >= 0.3 is 12.0 Å². The normalized spacial score (nSPS) is 17.3. The Kier molecular flexibility index (Phi) is 5.50. The number of hydrogen-bond acceptors (Lipinski definition) is 4. The Hall–Kier alpha value is -1.89. The van der Waals surface area contributed by atoms with Crippen LogP contribution in [0.5, 0.6) is 0 Å². The Labute approximate surface area is 111 Å². The van der Waals surface area contributed by atoms with E-state index in [1.807, 2.05) is 0 Å². The highest BCUT2D eigenvalue weighted by molar-refractivity contribution is 6.07. The molecule has 3 amide bonds. The predicted octanol–water partition coefficient (Wildman–Crippen LogP) is 0.366. The first-order valence-electron chi connectivity index (χ1n) is 6.02. The molecule has 7 nitrogen and oxygen atoms in total. The number of carboxylic acids is 1. The zero-order chi connectivity index (χ0) is 14.4. The summed E-state index contributed by atoms with van der Waals surface area (Å²) in [6.07, 6.45) is 0.713. The van der Waals surface area contributed by atoms with Crippen molar-refractivity contribution in [1.29, 1.82) is 0 Å². The largest absolute Gasteiger partial charge is 0.478 e. The standard InChI is InChI=1S/C12H18N2O5/c1-8(9(2)11(16)17)10(15)13-12(18)14-4-3-6-19-7-5-14/h3-7H2,1-2H3,(H,16,17)(H,13,15,18). The highest BCUT2D eigenvalue weighted by Crippen LogP contribution is 2.05. The van der Waals surface area contributed by atoms with Crippen LogP contribution in [-0.4, -0.2) is 54.2 Å². The lowest BCUT2D eigenvalue weighted by Gasteiger charge is -2.19. The molecule has 0 atom stereocenters. The maximum atomic E-state index is 11.8. The summed E-state index contributed by atoms with van der Waals surface area (Å²) in [6, 6.07) is -0.520. The van der Waals surface area contributed by atoms with Gasteiger partial charge in [-0.2, -0.15) is 0 Å². The summed E-state index contributed by atoms with van der Waals surface area (Å²) in [6.45, 7) is 4.65. The Balaban J connectivity index is 2.63. The molecule has 1 saturated heterocycles. The monoisotopic (exact) mass is 270 g/mol. The van der Waals surface area contributed by atoms with Crippen molar-refractivity contribution >= 4 is 17.9 Å². The molecule has 0 aromatic rings. The first-order valence-corrected chi connectivity index (χ1v) is 6.02. The number of aliphatic carboxylic acids is 1. The van der Waals surface area contributed by atoms with Crippen LogP contribution in [0.1, 0.15) is 20.3 Å². The summed E-state index contributed by atoms with van der Waals surface area (Å²) in [4.78, 5) is 35.8. The van der Waals surface area contributed by atoms with Gasteiger partial charge in [0.05, 0.1) is 6.61 Å². The van der Waals surface area contributed by atoms with Gasteiger partial charge in [0.25, 0.3) is 5.91 Å². The van der Waals surface area contributed by atoms with Crippen molar-refractivity contribution in [3.8, 4) is 0 Å². The van der Waals surface area contributed by atoms with Crippen LogP contribution in [-0.2, 0) is 14.3 Å². The third-order valence-electron chi connectivity index (χ3n) is 2.95. The molecular formula is C12H18N2O5. The van der Waals surface area contributed by atoms with Gasteiger partial charge in [0.1, 0.15) is 0 Å². The number of rotatable bonds is 2. The van der Waals surface area contributed by atoms with Gasteiger partial charge in [-0.25, -0.2) is 9.59 Å². The molecule has 19 heavy (non-hydrogen) atoms. The molecule has 1 aliphatic heterocycles. The maximum Gasteiger partial charge on any atom is 0.331 e. The summed E-state index contributed by atoms with van der Waals surface area (Å²) >= 11 is 0. The van der Waals surface area contributed by atoms with Crippen LogP contribution >= 0.6 is 0 Å². The van der Waals surface area contributed by atoms with Gasteiger partial charge in [-0.3, -0.25) is 10.1 Å². The lowest BCUT2D eigenvalue weighted by molar-refractivity contribution is -0.133. The van der Waals surface area contributed by atoms with Crippen LogP contribution in [0.25, 0.3) is 0 Å². The quantitative estimate of drug-likeness (QED) is 0.706. The molecule has 7 heteroatoms. The molecule has 0 unspecified atom stereocenters. The van der Waals surface area contributed by atoms with Crippen molar-refractivity contribution in [2.24, 2.45) is 0 Å². The molecule has 106 valence electrons.